The number of benzene rings is 1. The fraction of sp³-hybridized carbons (Fsp3) is 0. The maximum Gasteiger partial charge on any atom is 0.401 e. The van der Waals surface area contributed by atoms with Crippen molar-refractivity contribution >= 4 is 29.0 Å². The summed E-state index contributed by atoms with van der Waals surface area (Å²) in [5.74, 6) is -2.25. The molecule has 1 rings (SSSR count). The monoisotopic (exact) mass is 246 g/mol. The second kappa shape index (κ2) is 6.41. The highest BCUT2D eigenvalue weighted by Crippen LogP contribution is 2.04. The molecule has 0 aliphatic heterocycles. The van der Waals surface area contributed by atoms with Gasteiger partial charge in [0.25, 0.3) is 0 Å². The van der Waals surface area contributed by atoms with Gasteiger partial charge in [0.1, 0.15) is 0 Å². The van der Waals surface area contributed by atoms with Crippen LogP contribution >= 0.6 is 11.6 Å². The molecule has 16 heavy (non-hydrogen) atoms. The van der Waals surface area contributed by atoms with Crippen LogP contribution in [0.25, 0.3) is 0 Å². The van der Waals surface area contributed by atoms with Crippen LogP contribution in [0.1, 0.15) is 20.7 Å². The summed E-state index contributed by atoms with van der Waals surface area (Å²) in [6.45, 7) is 0. The van der Waals surface area contributed by atoms with Gasteiger partial charge in [0.2, 0.25) is 0 Å². The summed E-state index contributed by atoms with van der Waals surface area (Å²) in [5.41, 5.74) is -1.40. The minimum atomic E-state index is -1.36. The highest BCUT2D eigenvalue weighted by Gasteiger charge is 2.06. The van der Waals surface area contributed by atoms with Gasteiger partial charge in [-0.25, -0.2) is 14.4 Å². The summed E-state index contributed by atoms with van der Waals surface area (Å²) in [5, 5.41) is 24.2. The van der Waals surface area contributed by atoms with E-state index < -0.39 is 17.4 Å². The predicted molar refractivity (Wildman–Crippen MR) is 54.2 cm³/mol. The Bertz CT molecular complexity index is 381. The van der Waals surface area contributed by atoms with Gasteiger partial charge < -0.3 is 15.3 Å². The number of hydrogen-bond donors (Lipinski definition) is 3. The van der Waals surface area contributed by atoms with Crippen molar-refractivity contribution in [2.75, 3.05) is 0 Å². The lowest BCUT2D eigenvalue weighted by Crippen LogP contribution is -2.01. The lowest BCUT2D eigenvalue weighted by atomic mass is 10.1. The Hall–Kier alpha value is -2.08. The molecule has 7 heteroatoms. The molecule has 0 fully saturated rings. The smallest absolute Gasteiger partial charge is 0.401 e. The van der Waals surface area contributed by atoms with Gasteiger partial charge in [0.15, 0.2) is 0 Å². The Morgan fingerprint density at radius 1 is 0.938 bits per heavy atom. The van der Waals surface area contributed by atoms with Crippen LogP contribution < -0.4 is 0 Å². The van der Waals surface area contributed by atoms with Crippen molar-refractivity contribution < 1.29 is 29.7 Å². The van der Waals surface area contributed by atoms with E-state index >= 15 is 0 Å². The van der Waals surface area contributed by atoms with Crippen LogP contribution in [0.3, 0.4) is 0 Å². The Morgan fingerprint density at radius 2 is 1.25 bits per heavy atom. The van der Waals surface area contributed by atoms with Crippen LogP contribution in [-0.2, 0) is 0 Å². The van der Waals surface area contributed by atoms with Crippen molar-refractivity contribution in [3.05, 3.63) is 35.4 Å². The molecule has 0 saturated heterocycles. The molecule has 0 spiro atoms. The molecule has 0 atom stereocenters. The molecule has 0 amide bonds. The van der Waals surface area contributed by atoms with Crippen molar-refractivity contribution in [1.82, 2.24) is 0 Å². The first-order valence-corrected chi connectivity index (χ1v) is 4.17. The van der Waals surface area contributed by atoms with Crippen LogP contribution in [0.5, 0.6) is 0 Å². The first-order chi connectivity index (χ1) is 7.34. The molecule has 0 radical (unpaired) electrons. The van der Waals surface area contributed by atoms with Gasteiger partial charge in [-0.15, -0.1) is 0 Å². The van der Waals surface area contributed by atoms with Crippen molar-refractivity contribution in [2.24, 2.45) is 0 Å². The third-order valence-electron chi connectivity index (χ3n) is 1.36. The Kier molecular flexibility index (Phi) is 5.58. The molecule has 0 aromatic heterocycles. The zero-order valence-corrected chi connectivity index (χ0v) is 8.51. The van der Waals surface area contributed by atoms with Gasteiger partial charge in [-0.2, -0.15) is 0 Å². The molecule has 6 nitrogen and oxygen atoms in total. The number of carbonyl (C=O) groups is 3. The van der Waals surface area contributed by atoms with Gasteiger partial charge in [-0.05, 0) is 18.2 Å². The maximum absolute atomic E-state index is 10.4. The zero-order chi connectivity index (χ0) is 12.7. The van der Waals surface area contributed by atoms with Crippen molar-refractivity contribution in [3.8, 4) is 0 Å². The second-order valence-corrected chi connectivity index (χ2v) is 2.77. The first kappa shape index (κ1) is 13.9. The van der Waals surface area contributed by atoms with Crippen LogP contribution in [0.4, 0.5) is 4.79 Å². The average Bonchev–Trinajstić information content (AvgIpc) is 2.17. The fourth-order valence-corrected chi connectivity index (χ4v) is 0.785. The number of carboxylic acids is 2. The Balaban J connectivity index is 0.000000487. The topological polar surface area (TPSA) is 112 Å². The number of aromatic carboxylic acids is 2. The summed E-state index contributed by atoms with van der Waals surface area (Å²) in [6.07, 6.45) is 0. The highest BCUT2D eigenvalue weighted by molar-refractivity contribution is 6.60. The molecule has 1 aromatic rings. The molecule has 3 N–H and O–H groups in total. The summed E-state index contributed by atoms with van der Waals surface area (Å²) in [7, 11) is 0. The van der Waals surface area contributed by atoms with Crippen LogP contribution in [-0.4, -0.2) is 32.7 Å². The van der Waals surface area contributed by atoms with E-state index in [-0.39, 0.29) is 11.1 Å². The molecule has 0 saturated carbocycles. The van der Waals surface area contributed by atoms with E-state index in [4.69, 9.17) is 20.1 Å². The van der Waals surface area contributed by atoms with Gasteiger partial charge >= 0.3 is 17.4 Å². The lowest BCUT2D eigenvalue weighted by Gasteiger charge is -1.95. The summed E-state index contributed by atoms with van der Waals surface area (Å²) < 4.78 is 0. The molecule has 0 heterocycles. The van der Waals surface area contributed by atoms with Gasteiger partial charge in [-0.1, -0.05) is 6.07 Å². The van der Waals surface area contributed by atoms with Gasteiger partial charge in [-0.3, -0.25) is 0 Å². The molecule has 1 aromatic carbocycles. The van der Waals surface area contributed by atoms with Gasteiger partial charge in [0, 0.05) is 11.6 Å². The number of carboxylic acid groups (broad SMARTS) is 3. The number of hydrogen-bond acceptors (Lipinski definition) is 3. The largest absolute Gasteiger partial charge is 0.478 e. The Labute approximate surface area is 94.7 Å². The second-order valence-electron chi connectivity index (χ2n) is 2.44. The maximum atomic E-state index is 10.4. The van der Waals surface area contributed by atoms with E-state index in [1.54, 1.807) is 0 Å². The van der Waals surface area contributed by atoms with E-state index in [0.717, 1.165) is 6.07 Å². The summed E-state index contributed by atoms with van der Waals surface area (Å²) in [6, 6.07) is 5.20. The standard InChI is InChI=1S/C8H6O4.CHClO2/c9-7(10)5-2-1-3-6(4-5)8(11)12;2-1(3)4/h1-4H,(H,9,10)(H,11,12);(H,3,4). The lowest BCUT2D eigenvalue weighted by molar-refractivity contribution is 0.0696. The molecule has 0 unspecified atom stereocenters. The SMILES string of the molecule is O=C(O)Cl.O=C(O)c1cccc(C(=O)O)c1. The first-order valence-electron chi connectivity index (χ1n) is 3.79. The van der Waals surface area contributed by atoms with Crippen molar-refractivity contribution in [3.63, 3.8) is 0 Å². The average molecular weight is 247 g/mol. The predicted octanol–water partition coefficient (Wildman–Crippen LogP) is 1.99. The van der Waals surface area contributed by atoms with Crippen molar-refractivity contribution in [1.29, 1.82) is 0 Å². The van der Waals surface area contributed by atoms with Crippen molar-refractivity contribution in [2.45, 2.75) is 0 Å². The van der Waals surface area contributed by atoms with E-state index in [2.05, 4.69) is 11.6 Å². The van der Waals surface area contributed by atoms with Crippen LogP contribution in [0.15, 0.2) is 24.3 Å². The molecular weight excluding hydrogens is 240 g/mol. The summed E-state index contributed by atoms with van der Waals surface area (Å²) >= 11 is 4.19. The highest BCUT2D eigenvalue weighted by atomic mass is 35.5. The van der Waals surface area contributed by atoms with E-state index in [9.17, 15) is 9.59 Å². The molecular formula is C9H7ClO6. The Morgan fingerprint density at radius 3 is 1.50 bits per heavy atom. The minimum absolute atomic E-state index is 0.0186. The molecule has 0 bridgehead atoms. The third kappa shape index (κ3) is 5.61. The number of rotatable bonds is 2. The fourth-order valence-electron chi connectivity index (χ4n) is 0.785. The minimum Gasteiger partial charge on any atom is -0.478 e. The quantitative estimate of drug-likeness (QED) is 0.688. The van der Waals surface area contributed by atoms with Crippen LogP contribution in [0, 0.1) is 0 Å². The normalized spacial score (nSPS) is 8.56. The number of halogens is 1. The molecule has 0 aliphatic carbocycles. The zero-order valence-electron chi connectivity index (χ0n) is 7.75. The van der Waals surface area contributed by atoms with E-state index in [1.165, 1.54) is 18.2 Å². The molecule has 0 aliphatic rings. The van der Waals surface area contributed by atoms with E-state index in [1.807, 2.05) is 0 Å². The third-order valence-corrected chi connectivity index (χ3v) is 1.36. The van der Waals surface area contributed by atoms with E-state index in [0.29, 0.717) is 0 Å². The van der Waals surface area contributed by atoms with Gasteiger partial charge in [0.05, 0.1) is 11.1 Å². The summed E-state index contributed by atoms with van der Waals surface area (Å²) in [4.78, 5) is 29.5. The van der Waals surface area contributed by atoms with Crippen LogP contribution in [0.2, 0.25) is 0 Å². The molecule has 86 valence electrons.